The maximum absolute atomic E-state index is 6.06. The van der Waals surface area contributed by atoms with Gasteiger partial charge in [-0.1, -0.05) is 6.92 Å². The highest BCUT2D eigenvalue weighted by atomic mass is 32.1. The van der Waals surface area contributed by atoms with Crippen LogP contribution in [0.5, 0.6) is 0 Å². The second-order valence-electron chi connectivity index (χ2n) is 4.12. The second kappa shape index (κ2) is 6.20. The quantitative estimate of drug-likeness (QED) is 0.810. The summed E-state index contributed by atoms with van der Waals surface area (Å²) in [5, 5.41) is 3.21. The average Bonchev–Trinajstić information content (AvgIpc) is 2.51. The van der Waals surface area contributed by atoms with Crippen molar-refractivity contribution in [2.24, 2.45) is 11.7 Å². The number of methoxy groups -OCH3 is 1. The summed E-state index contributed by atoms with van der Waals surface area (Å²) in [4.78, 5) is 4.41. The monoisotopic (exact) mass is 228 g/mol. The molecule has 15 heavy (non-hydrogen) atoms. The molecule has 3 nitrogen and oxygen atoms in total. The summed E-state index contributed by atoms with van der Waals surface area (Å²) in [5.74, 6) is 0.518. The Hall–Kier alpha value is -0.450. The SMILES string of the molecule is COCC(C)CC(N)Cc1csc(C)n1. The molecule has 0 aromatic carbocycles. The van der Waals surface area contributed by atoms with Crippen molar-refractivity contribution in [2.45, 2.75) is 32.7 Å². The van der Waals surface area contributed by atoms with Crippen LogP contribution >= 0.6 is 11.3 Å². The summed E-state index contributed by atoms with van der Waals surface area (Å²) in [6.07, 6.45) is 1.86. The highest BCUT2D eigenvalue weighted by Crippen LogP contribution is 2.13. The van der Waals surface area contributed by atoms with Crippen molar-refractivity contribution in [3.63, 3.8) is 0 Å². The van der Waals surface area contributed by atoms with Crippen molar-refractivity contribution in [1.29, 1.82) is 0 Å². The van der Waals surface area contributed by atoms with Crippen LogP contribution < -0.4 is 5.73 Å². The van der Waals surface area contributed by atoms with E-state index in [4.69, 9.17) is 10.5 Å². The Balaban J connectivity index is 2.32. The van der Waals surface area contributed by atoms with Gasteiger partial charge in [-0.2, -0.15) is 0 Å². The van der Waals surface area contributed by atoms with E-state index < -0.39 is 0 Å². The highest BCUT2D eigenvalue weighted by Gasteiger charge is 2.11. The number of rotatable bonds is 6. The molecular weight excluding hydrogens is 208 g/mol. The molecule has 0 fully saturated rings. The van der Waals surface area contributed by atoms with Crippen LogP contribution in [0.25, 0.3) is 0 Å². The van der Waals surface area contributed by atoms with Gasteiger partial charge in [-0.05, 0) is 19.3 Å². The van der Waals surface area contributed by atoms with Crippen molar-refractivity contribution >= 4 is 11.3 Å². The summed E-state index contributed by atoms with van der Waals surface area (Å²) in [6.45, 7) is 4.96. The fourth-order valence-electron chi connectivity index (χ4n) is 1.72. The summed E-state index contributed by atoms with van der Waals surface area (Å²) < 4.78 is 5.09. The van der Waals surface area contributed by atoms with Crippen molar-refractivity contribution in [1.82, 2.24) is 4.98 Å². The molecule has 2 N–H and O–H groups in total. The lowest BCUT2D eigenvalue weighted by molar-refractivity contribution is 0.152. The number of thiazole rings is 1. The topological polar surface area (TPSA) is 48.1 Å². The Morgan fingerprint density at radius 1 is 1.60 bits per heavy atom. The number of nitrogens with two attached hydrogens (primary N) is 1. The molecule has 0 bridgehead atoms. The van der Waals surface area contributed by atoms with Gasteiger partial charge in [-0.15, -0.1) is 11.3 Å². The molecule has 4 heteroatoms. The first-order valence-corrected chi connectivity index (χ1v) is 6.15. The maximum Gasteiger partial charge on any atom is 0.0897 e. The normalized spacial score (nSPS) is 15.2. The number of ether oxygens (including phenoxy) is 1. The third kappa shape index (κ3) is 4.73. The minimum Gasteiger partial charge on any atom is -0.384 e. The first-order valence-electron chi connectivity index (χ1n) is 5.27. The molecular formula is C11H20N2OS. The molecule has 2 atom stereocenters. The van der Waals surface area contributed by atoms with Gasteiger partial charge in [0.1, 0.15) is 0 Å². The van der Waals surface area contributed by atoms with E-state index in [-0.39, 0.29) is 6.04 Å². The molecule has 0 amide bonds. The van der Waals surface area contributed by atoms with Crippen LogP contribution in [-0.4, -0.2) is 24.7 Å². The lowest BCUT2D eigenvalue weighted by Gasteiger charge is -2.15. The van der Waals surface area contributed by atoms with E-state index in [2.05, 4.69) is 17.3 Å². The van der Waals surface area contributed by atoms with Gasteiger partial charge in [0, 0.05) is 31.6 Å². The molecule has 0 aliphatic carbocycles. The third-order valence-corrected chi connectivity index (χ3v) is 3.12. The van der Waals surface area contributed by atoms with Crippen LogP contribution in [0.1, 0.15) is 24.0 Å². The van der Waals surface area contributed by atoms with Crippen LogP contribution in [0.4, 0.5) is 0 Å². The predicted octanol–water partition coefficient (Wildman–Crippen LogP) is 1.99. The van der Waals surface area contributed by atoms with Gasteiger partial charge in [-0.25, -0.2) is 4.98 Å². The van der Waals surface area contributed by atoms with Gasteiger partial charge in [0.15, 0.2) is 0 Å². The van der Waals surface area contributed by atoms with Crippen molar-refractivity contribution < 1.29 is 4.74 Å². The lowest BCUT2D eigenvalue weighted by Crippen LogP contribution is -2.26. The zero-order valence-corrected chi connectivity index (χ0v) is 10.5. The number of hydrogen-bond donors (Lipinski definition) is 1. The van der Waals surface area contributed by atoms with Gasteiger partial charge in [0.2, 0.25) is 0 Å². The molecule has 0 spiro atoms. The third-order valence-electron chi connectivity index (χ3n) is 2.29. The van der Waals surface area contributed by atoms with Crippen LogP contribution in [0.3, 0.4) is 0 Å². The van der Waals surface area contributed by atoms with E-state index in [1.165, 1.54) is 0 Å². The van der Waals surface area contributed by atoms with Crippen molar-refractivity contribution in [2.75, 3.05) is 13.7 Å². The highest BCUT2D eigenvalue weighted by molar-refractivity contribution is 7.09. The minimum absolute atomic E-state index is 0.191. The van der Waals surface area contributed by atoms with E-state index in [0.717, 1.165) is 30.2 Å². The minimum atomic E-state index is 0.191. The summed E-state index contributed by atoms with van der Waals surface area (Å²) in [5.41, 5.74) is 7.18. The second-order valence-corrected chi connectivity index (χ2v) is 5.18. The summed E-state index contributed by atoms with van der Waals surface area (Å²) >= 11 is 1.68. The first kappa shape index (κ1) is 12.6. The molecule has 0 aliphatic rings. The molecule has 0 aliphatic heterocycles. The molecule has 1 aromatic heterocycles. The largest absolute Gasteiger partial charge is 0.384 e. The summed E-state index contributed by atoms with van der Waals surface area (Å²) in [7, 11) is 1.73. The fraction of sp³-hybridized carbons (Fsp3) is 0.727. The van der Waals surface area contributed by atoms with E-state index in [1.807, 2.05) is 6.92 Å². The molecule has 0 radical (unpaired) electrons. The Labute approximate surface area is 95.7 Å². The zero-order valence-electron chi connectivity index (χ0n) is 9.69. The van der Waals surface area contributed by atoms with Gasteiger partial charge < -0.3 is 10.5 Å². The number of hydrogen-bond acceptors (Lipinski definition) is 4. The summed E-state index contributed by atoms with van der Waals surface area (Å²) in [6, 6.07) is 0.191. The van der Waals surface area contributed by atoms with Crippen molar-refractivity contribution in [3.05, 3.63) is 16.1 Å². The Bertz CT molecular complexity index is 288. The number of nitrogens with zero attached hydrogens (tertiary/aromatic N) is 1. The van der Waals surface area contributed by atoms with Crippen LogP contribution in [-0.2, 0) is 11.2 Å². The smallest absolute Gasteiger partial charge is 0.0897 e. The average molecular weight is 228 g/mol. The molecule has 2 unspecified atom stereocenters. The fourth-order valence-corrected chi connectivity index (χ4v) is 2.35. The molecule has 86 valence electrons. The molecule has 1 aromatic rings. The van der Waals surface area contributed by atoms with Gasteiger partial charge in [0.05, 0.1) is 10.7 Å². The van der Waals surface area contributed by atoms with Gasteiger partial charge >= 0.3 is 0 Å². The molecule has 0 saturated heterocycles. The van der Waals surface area contributed by atoms with E-state index in [9.17, 15) is 0 Å². The molecule has 0 saturated carbocycles. The first-order chi connectivity index (χ1) is 7.11. The van der Waals surface area contributed by atoms with E-state index >= 15 is 0 Å². The Kier molecular flexibility index (Phi) is 5.22. The lowest BCUT2D eigenvalue weighted by atomic mass is 10.00. The maximum atomic E-state index is 6.06. The molecule has 1 rings (SSSR count). The Morgan fingerprint density at radius 3 is 2.87 bits per heavy atom. The molecule has 1 heterocycles. The van der Waals surface area contributed by atoms with Crippen LogP contribution in [0, 0.1) is 12.8 Å². The number of aromatic nitrogens is 1. The Morgan fingerprint density at radius 2 is 2.33 bits per heavy atom. The predicted molar refractivity (Wildman–Crippen MR) is 64.2 cm³/mol. The zero-order chi connectivity index (χ0) is 11.3. The van der Waals surface area contributed by atoms with E-state index in [1.54, 1.807) is 18.4 Å². The van der Waals surface area contributed by atoms with Crippen molar-refractivity contribution in [3.8, 4) is 0 Å². The van der Waals surface area contributed by atoms with Gasteiger partial charge in [-0.3, -0.25) is 0 Å². The van der Waals surface area contributed by atoms with E-state index in [0.29, 0.717) is 5.92 Å². The standard InChI is InChI=1S/C11H20N2OS/c1-8(6-14-3)4-10(12)5-11-7-15-9(2)13-11/h7-8,10H,4-6,12H2,1-3H3. The van der Waals surface area contributed by atoms with Gasteiger partial charge in [0.25, 0.3) is 0 Å². The van der Waals surface area contributed by atoms with Crippen LogP contribution in [0.2, 0.25) is 0 Å². The number of aryl methyl sites for hydroxylation is 1. The van der Waals surface area contributed by atoms with Crippen LogP contribution in [0.15, 0.2) is 5.38 Å².